The van der Waals surface area contributed by atoms with E-state index < -0.39 is 11.6 Å². The van der Waals surface area contributed by atoms with E-state index in [1.165, 1.54) is 30.0 Å². The molecular weight excluding hydrogens is 314 g/mol. The lowest BCUT2D eigenvalue weighted by Gasteiger charge is -2.08. The van der Waals surface area contributed by atoms with Gasteiger partial charge in [-0.15, -0.1) is 0 Å². The first-order valence-corrected chi connectivity index (χ1v) is 8.55. The van der Waals surface area contributed by atoms with Gasteiger partial charge in [0.2, 0.25) is 0 Å². The predicted molar refractivity (Wildman–Crippen MR) is 83.0 cm³/mol. The minimum Gasteiger partial charge on any atom is -0.301 e. The summed E-state index contributed by atoms with van der Waals surface area (Å²) in [5.74, 6) is -1.26. The monoisotopic (exact) mass is 328 g/mol. The van der Waals surface area contributed by atoms with E-state index in [-0.39, 0.29) is 17.5 Å². The standard InChI is InChI=1S/C14H14F2N2OS2/c1-8-12(6-9-10(15)4-3-5-11(9)16)17-14(18-13(8)19)21-7-20-2/h3-5H,6-7H2,1-2H3,(H,17,18,19). The minimum atomic E-state index is -0.630. The highest BCUT2D eigenvalue weighted by molar-refractivity contribution is 8.15. The van der Waals surface area contributed by atoms with Crippen molar-refractivity contribution in [1.29, 1.82) is 0 Å². The van der Waals surface area contributed by atoms with Crippen molar-refractivity contribution in [3.63, 3.8) is 0 Å². The number of halogens is 2. The highest BCUT2D eigenvalue weighted by Crippen LogP contribution is 2.20. The maximum absolute atomic E-state index is 13.7. The zero-order valence-corrected chi connectivity index (χ0v) is 13.2. The van der Waals surface area contributed by atoms with Gasteiger partial charge in [-0.25, -0.2) is 13.8 Å². The second-order valence-corrected chi connectivity index (χ2v) is 6.57. The van der Waals surface area contributed by atoms with Crippen molar-refractivity contribution in [2.24, 2.45) is 0 Å². The number of benzene rings is 1. The number of H-pyrrole nitrogens is 1. The maximum Gasteiger partial charge on any atom is 0.254 e. The Morgan fingerprint density at radius 3 is 2.57 bits per heavy atom. The normalized spacial score (nSPS) is 10.9. The Morgan fingerprint density at radius 1 is 1.29 bits per heavy atom. The largest absolute Gasteiger partial charge is 0.301 e. The zero-order valence-electron chi connectivity index (χ0n) is 11.6. The van der Waals surface area contributed by atoms with Crippen LogP contribution in [0.5, 0.6) is 0 Å². The molecule has 0 unspecified atom stereocenters. The summed E-state index contributed by atoms with van der Waals surface area (Å²) in [6.45, 7) is 1.60. The number of nitrogens with one attached hydrogen (secondary N) is 1. The van der Waals surface area contributed by atoms with Gasteiger partial charge in [-0.05, 0) is 25.3 Å². The van der Waals surface area contributed by atoms with Crippen LogP contribution in [-0.4, -0.2) is 21.3 Å². The molecule has 1 aromatic carbocycles. The van der Waals surface area contributed by atoms with E-state index in [1.54, 1.807) is 18.7 Å². The summed E-state index contributed by atoms with van der Waals surface area (Å²) >= 11 is 2.99. The quantitative estimate of drug-likeness (QED) is 0.519. The molecule has 0 aliphatic heterocycles. The molecule has 0 aliphatic carbocycles. The van der Waals surface area contributed by atoms with Gasteiger partial charge in [-0.2, -0.15) is 11.8 Å². The maximum atomic E-state index is 13.7. The molecule has 112 valence electrons. The molecule has 3 nitrogen and oxygen atoms in total. The van der Waals surface area contributed by atoms with Gasteiger partial charge in [-0.1, -0.05) is 17.8 Å². The molecule has 0 fully saturated rings. The van der Waals surface area contributed by atoms with Crippen LogP contribution in [0.15, 0.2) is 28.2 Å². The van der Waals surface area contributed by atoms with E-state index in [0.29, 0.717) is 16.4 Å². The smallest absolute Gasteiger partial charge is 0.254 e. The molecule has 0 aliphatic rings. The lowest BCUT2D eigenvalue weighted by molar-refractivity contribution is 0.559. The summed E-state index contributed by atoms with van der Waals surface area (Å²) in [7, 11) is 0. The molecule has 0 saturated carbocycles. The molecule has 0 saturated heterocycles. The number of aromatic nitrogens is 2. The Morgan fingerprint density at radius 2 is 1.95 bits per heavy atom. The molecule has 1 aromatic heterocycles. The van der Waals surface area contributed by atoms with Gasteiger partial charge < -0.3 is 4.98 Å². The fraction of sp³-hybridized carbons (Fsp3) is 0.286. The van der Waals surface area contributed by atoms with Crippen molar-refractivity contribution in [3.05, 3.63) is 57.0 Å². The molecule has 0 radical (unpaired) electrons. The Kier molecular flexibility index (Phi) is 5.41. The summed E-state index contributed by atoms with van der Waals surface area (Å²) in [5.41, 5.74) is 0.428. The molecule has 0 spiro atoms. The fourth-order valence-electron chi connectivity index (χ4n) is 1.78. The van der Waals surface area contributed by atoms with Crippen LogP contribution in [0.2, 0.25) is 0 Å². The van der Waals surface area contributed by atoms with E-state index in [0.717, 1.165) is 5.08 Å². The van der Waals surface area contributed by atoms with E-state index in [2.05, 4.69) is 9.97 Å². The van der Waals surface area contributed by atoms with E-state index in [9.17, 15) is 13.6 Å². The molecule has 1 heterocycles. The third kappa shape index (κ3) is 3.85. The Bertz CT molecular complexity index is 684. The van der Waals surface area contributed by atoms with Gasteiger partial charge in [0.25, 0.3) is 5.56 Å². The van der Waals surface area contributed by atoms with Gasteiger partial charge in [0.15, 0.2) is 5.16 Å². The first-order chi connectivity index (χ1) is 10.0. The van der Waals surface area contributed by atoms with Gasteiger partial charge in [0.1, 0.15) is 11.6 Å². The number of hydrogen-bond donors (Lipinski definition) is 1. The Balaban J connectivity index is 2.39. The molecule has 7 heteroatoms. The highest BCUT2D eigenvalue weighted by atomic mass is 32.2. The summed E-state index contributed by atoms with van der Waals surface area (Å²) < 4.78 is 27.4. The third-order valence-electron chi connectivity index (χ3n) is 2.95. The van der Waals surface area contributed by atoms with Gasteiger partial charge >= 0.3 is 0 Å². The van der Waals surface area contributed by atoms with Gasteiger partial charge in [0.05, 0.1) is 5.69 Å². The molecule has 0 atom stereocenters. The Labute approximate surface area is 129 Å². The van der Waals surface area contributed by atoms with Crippen molar-refractivity contribution >= 4 is 23.5 Å². The summed E-state index contributed by atoms with van der Waals surface area (Å²) in [5, 5.41) is 1.20. The molecule has 2 rings (SSSR count). The number of thioether (sulfide) groups is 2. The molecule has 1 N–H and O–H groups in total. The van der Waals surface area contributed by atoms with Crippen molar-refractivity contribution < 1.29 is 8.78 Å². The first-order valence-electron chi connectivity index (χ1n) is 6.17. The van der Waals surface area contributed by atoms with Crippen LogP contribution < -0.4 is 5.56 Å². The highest BCUT2D eigenvalue weighted by Gasteiger charge is 2.14. The molecule has 2 aromatic rings. The van der Waals surface area contributed by atoms with Crippen molar-refractivity contribution in [2.75, 3.05) is 11.3 Å². The topological polar surface area (TPSA) is 45.8 Å². The first kappa shape index (κ1) is 16.0. The number of hydrogen-bond acceptors (Lipinski definition) is 4. The second-order valence-electron chi connectivity index (χ2n) is 4.37. The fourth-order valence-corrected chi connectivity index (χ4v) is 3.04. The molecular formula is C14H14F2N2OS2. The van der Waals surface area contributed by atoms with Crippen LogP contribution in [0.4, 0.5) is 8.78 Å². The van der Waals surface area contributed by atoms with Crippen molar-refractivity contribution in [2.45, 2.75) is 18.5 Å². The van der Waals surface area contributed by atoms with Crippen LogP contribution in [0.1, 0.15) is 16.8 Å². The van der Waals surface area contributed by atoms with Crippen molar-refractivity contribution in [3.8, 4) is 0 Å². The number of aromatic amines is 1. The lowest BCUT2D eigenvalue weighted by Crippen LogP contribution is -2.16. The lowest BCUT2D eigenvalue weighted by atomic mass is 10.1. The summed E-state index contributed by atoms with van der Waals surface area (Å²) in [6, 6.07) is 3.71. The summed E-state index contributed by atoms with van der Waals surface area (Å²) in [4.78, 5) is 18.9. The molecule has 0 amide bonds. The Hall–Kier alpha value is -1.34. The minimum absolute atomic E-state index is 0.0406. The molecule has 21 heavy (non-hydrogen) atoms. The van der Waals surface area contributed by atoms with E-state index in [4.69, 9.17) is 0 Å². The van der Waals surface area contributed by atoms with Crippen LogP contribution >= 0.6 is 23.5 Å². The average molecular weight is 328 g/mol. The van der Waals surface area contributed by atoms with E-state index in [1.807, 2.05) is 6.26 Å². The average Bonchev–Trinajstić information content (AvgIpc) is 2.45. The number of nitrogens with zero attached hydrogens (tertiary/aromatic N) is 1. The van der Waals surface area contributed by atoms with Crippen LogP contribution in [0.3, 0.4) is 0 Å². The second kappa shape index (κ2) is 7.09. The summed E-state index contributed by atoms with van der Waals surface area (Å²) in [6.07, 6.45) is 1.90. The van der Waals surface area contributed by atoms with Crippen LogP contribution in [-0.2, 0) is 6.42 Å². The van der Waals surface area contributed by atoms with Gasteiger partial charge in [0, 0.05) is 22.6 Å². The SMILES string of the molecule is CSCSc1nc(Cc2c(F)cccc2F)c(C)c(=O)[nH]1. The van der Waals surface area contributed by atoms with Gasteiger partial charge in [-0.3, -0.25) is 4.79 Å². The molecule has 0 bridgehead atoms. The third-order valence-corrected chi connectivity index (χ3v) is 4.83. The predicted octanol–water partition coefficient (Wildman–Crippen LogP) is 3.36. The van der Waals surface area contributed by atoms with Crippen molar-refractivity contribution in [1.82, 2.24) is 9.97 Å². The zero-order chi connectivity index (χ0) is 15.4. The van der Waals surface area contributed by atoms with Crippen LogP contribution in [0.25, 0.3) is 0 Å². The van der Waals surface area contributed by atoms with Crippen LogP contribution in [0, 0.1) is 18.6 Å². The number of rotatable bonds is 5. The van der Waals surface area contributed by atoms with E-state index >= 15 is 0 Å².